The van der Waals surface area contributed by atoms with E-state index < -0.39 is 0 Å². The Labute approximate surface area is 184 Å². The van der Waals surface area contributed by atoms with Crippen LogP contribution < -0.4 is 5.32 Å². The Bertz CT molecular complexity index is 790. The highest BCUT2D eigenvalue weighted by molar-refractivity contribution is 14.0. The summed E-state index contributed by atoms with van der Waals surface area (Å²) in [6.45, 7) is 14.4. The van der Waals surface area contributed by atoms with Gasteiger partial charge in [0.25, 0.3) is 0 Å². The van der Waals surface area contributed by atoms with Gasteiger partial charge in [0.05, 0.1) is 17.9 Å². The highest BCUT2D eigenvalue weighted by Crippen LogP contribution is 2.14. The SMILES string of the molecule is CCNC(=NCc1c(C)nn(C)c1C)N1CCN(Cc2cc(C)on2)CC1.I. The maximum atomic E-state index is 5.17. The van der Waals surface area contributed by atoms with Crippen molar-refractivity contribution >= 4 is 29.9 Å². The standard InChI is InChI=1S/C19H31N7O.HI/c1-6-20-19(21-12-18-15(3)22-24(5)16(18)4)26-9-7-25(8-10-26)13-17-11-14(2)27-23-17;/h11H,6-10,12-13H2,1-5H3,(H,20,21);1H. The summed E-state index contributed by atoms with van der Waals surface area (Å²) in [4.78, 5) is 9.64. The number of aliphatic imine (C=N–C) groups is 1. The number of nitrogens with zero attached hydrogens (tertiary/aromatic N) is 6. The zero-order chi connectivity index (χ0) is 19.4. The van der Waals surface area contributed by atoms with E-state index in [1.54, 1.807) is 0 Å². The monoisotopic (exact) mass is 501 g/mol. The molecule has 8 nitrogen and oxygen atoms in total. The van der Waals surface area contributed by atoms with Crippen LogP contribution in [0.2, 0.25) is 0 Å². The van der Waals surface area contributed by atoms with E-state index in [4.69, 9.17) is 9.52 Å². The molecule has 0 bridgehead atoms. The topological polar surface area (TPSA) is 74.7 Å². The molecule has 1 N–H and O–H groups in total. The van der Waals surface area contributed by atoms with Crippen LogP contribution in [0.1, 0.15) is 35.3 Å². The summed E-state index contributed by atoms with van der Waals surface area (Å²) in [5, 5.41) is 12.0. The molecule has 0 atom stereocenters. The van der Waals surface area contributed by atoms with Crippen LogP contribution in [0, 0.1) is 20.8 Å². The van der Waals surface area contributed by atoms with Crippen molar-refractivity contribution < 1.29 is 4.52 Å². The minimum absolute atomic E-state index is 0. The van der Waals surface area contributed by atoms with Gasteiger partial charge in [0, 0.05) is 63.6 Å². The van der Waals surface area contributed by atoms with Crippen molar-refractivity contribution in [1.82, 2.24) is 30.1 Å². The van der Waals surface area contributed by atoms with E-state index in [9.17, 15) is 0 Å². The van der Waals surface area contributed by atoms with Gasteiger partial charge in [-0.1, -0.05) is 5.16 Å². The van der Waals surface area contributed by atoms with Crippen LogP contribution in [0.3, 0.4) is 0 Å². The first-order valence-corrected chi connectivity index (χ1v) is 9.64. The zero-order valence-electron chi connectivity index (χ0n) is 17.5. The fourth-order valence-corrected chi connectivity index (χ4v) is 3.47. The summed E-state index contributed by atoms with van der Waals surface area (Å²) in [6.07, 6.45) is 0. The fourth-order valence-electron chi connectivity index (χ4n) is 3.47. The molecule has 0 unspecified atom stereocenters. The number of halogens is 1. The first-order valence-electron chi connectivity index (χ1n) is 9.64. The molecule has 1 aliphatic heterocycles. The predicted octanol–water partition coefficient (Wildman–Crippen LogP) is 2.23. The number of rotatable bonds is 5. The molecule has 0 amide bonds. The number of piperazine rings is 1. The number of hydrogen-bond donors (Lipinski definition) is 1. The van der Waals surface area contributed by atoms with Gasteiger partial charge in [-0.2, -0.15) is 5.10 Å². The minimum Gasteiger partial charge on any atom is -0.361 e. The lowest BCUT2D eigenvalue weighted by atomic mass is 10.2. The largest absolute Gasteiger partial charge is 0.361 e. The van der Waals surface area contributed by atoms with Gasteiger partial charge < -0.3 is 14.7 Å². The summed E-state index contributed by atoms with van der Waals surface area (Å²) < 4.78 is 7.10. The van der Waals surface area contributed by atoms with Crippen molar-refractivity contribution in [3.8, 4) is 0 Å². The van der Waals surface area contributed by atoms with E-state index in [2.05, 4.69) is 46.1 Å². The van der Waals surface area contributed by atoms with Crippen LogP contribution in [-0.2, 0) is 20.1 Å². The molecule has 0 spiro atoms. The molecule has 3 rings (SSSR count). The van der Waals surface area contributed by atoms with Crippen molar-refractivity contribution in [3.05, 3.63) is 34.5 Å². The fraction of sp³-hybridized carbons (Fsp3) is 0.632. The lowest BCUT2D eigenvalue weighted by molar-refractivity contribution is 0.169. The van der Waals surface area contributed by atoms with Crippen molar-refractivity contribution in [1.29, 1.82) is 0 Å². The van der Waals surface area contributed by atoms with E-state index >= 15 is 0 Å². The van der Waals surface area contributed by atoms with Crippen LogP contribution in [0.4, 0.5) is 0 Å². The smallest absolute Gasteiger partial charge is 0.194 e. The Hall–Kier alpha value is -1.62. The number of nitrogens with one attached hydrogen (secondary N) is 1. The van der Waals surface area contributed by atoms with Gasteiger partial charge in [0.1, 0.15) is 5.76 Å². The molecule has 1 aliphatic rings. The Morgan fingerprint density at radius 1 is 1.21 bits per heavy atom. The maximum absolute atomic E-state index is 5.17. The summed E-state index contributed by atoms with van der Waals surface area (Å²) in [7, 11) is 1.98. The first-order chi connectivity index (χ1) is 13.0. The highest BCUT2D eigenvalue weighted by Gasteiger charge is 2.21. The quantitative estimate of drug-likeness (QED) is 0.385. The maximum Gasteiger partial charge on any atom is 0.194 e. The molecule has 2 aromatic rings. The Balaban J connectivity index is 0.00000280. The lowest BCUT2D eigenvalue weighted by Gasteiger charge is -2.36. The van der Waals surface area contributed by atoms with Gasteiger partial charge in [-0.25, -0.2) is 4.99 Å². The third-order valence-electron chi connectivity index (χ3n) is 5.11. The van der Waals surface area contributed by atoms with Crippen LogP contribution in [0.15, 0.2) is 15.6 Å². The molecule has 156 valence electrons. The predicted molar refractivity (Wildman–Crippen MR) is 121 cm³/mol. The van der Waals surface area contributed by atoms with Crippen molar-refractivity contribution in [2.75, 3.05) is 32.7 Å². The molecule has 0 radical (unpaired) electrons. The number of guanidine groups is 1. The molecule has 0 saturated carbocycles. The van der Waals surface area contributed by atoms with Gasteiger partial charge in [-0.05, 0) is 27.7 Å². The number of hydrogen-bond acceptors (Lipinski definition) is 5. The van der Waals surface area contributed by atoms with Gasteiger partial charge in [0.15, 0.2) is 5.96 Å². The van der Waals surface area contributed by atoms with Gasteiger partial charge >= 0.3 is 0 Å². The van der Waals surface area contributed by atoms with Crippen molar-refractivity contribution in [3.63, 3.8) is 0 Å². The Morgan fingerprint density at radius 2 is 1.93 bits per heavy atom. The molecule has 28 heavy (non-hydrogen) atoms. The van der Waals surface area contributed by atoms with Gasteiger partial charge in [0.2, 0.25) is 0 Å². The van der Waals surface area contributed by atoms with E-state index in [-0.39, 0.29) is 24.0 Å². The van der Waals surface area contributed by atoms with Crippen LogP contribution in [0.25, 0.3) is 0 Å². The average Bonchev–Trinajstić information content (AvgIpc) is 3.16. The number of aromatic nitrogens is 3. The highest BCUT2D eigenvalue weighted by atomic mass is 127. The normalized spacial score (nSPS) is 15.6. The van der Waals surface area contributed by atoms with Gasteiger partial charge in [-0.3, -0.25) is 9.58 Å². The molecule has 1 fully saturated rings. The lowest BCUT2D eigenvalue weighted by Crippen LogP contribution is -2.52. The first kappa shape index (κ1) is 22.7. The van der Waals surface area contributed by atoms with E-state index in [1.807, 2.05) is 24.7 Å². The molecular weight excluding hydrogens is 469 g/mol. The van der Waals surface area contributed by atoms with E-state index in [0.29, 0.717) is 6.54 Å². The summed E-state index contributed by atoms with van der Waals surface area (Å²) in [5.74, 6) is 1.85. The van der Waals surface area contributed by atoms with Crippen LogP contribution >= 0.6 is 24.0 Å². The average molecular weight is 501 g/mol. The Kier molecular flexibility index (Phi) is 8.29. The molecule has 0 aromatic carbocycles. The van der Waals surface area contributed by atoms with Gasteiger partial charge in [-0.15, -0.1) is 24.0 Å². The third-order valence-corrected chi connectivity index (χ3v) is 5.11. The second-order valence-electron chi connectivity index (χ2n) is 7.14. The molecule has 3 heterocycles. The second kappa shape index (κ2) is 10.2. The van der Waals surface area contributed by atoms with E-state index in [0.717, 1.165) is 62.4 Å². The summed E-state index contributed by atoms with van der Waals surface area (Å²) in [6, 6.07) is 2.01. The molecule has 1 saturated heterocycles. The van der Waals surface area contributed by atoms with Crippen LogP contribution in [-0.4, -0.2) is 63.4 Å². The van der Waals surface area contributed by atoms with Crippen LogP contribution in [0.5, 0.6) is 0 Å². The Morgan fingerprint density at radius 3 is 2.46 bits per heavy atom. The molecule has 9 heteroatoms. The molecule has 0 aliphatic carbocycles. The molecular formula is C19H32IN7O. The molecule has 2 aromatic heterocycles. The van der Waals surface area contributed by atoms with E-state index in [1.165, 1.54) is 11.3 Å². The minimum atomic E-state index is 0. The second-order valence-corrected chi connectivity index (χ2v) is 7.14. The summed E-state index contributed by atoms with van der Waals surface area (Å²) in [5.41, 5.74) is 4.46. The number of aryl methyl sites for hydroxylation is 3. The van der Waals surface area contributed by atoms with Crippen molar-refractivity contribution in [2.24, 2.45) is 12.0 Å². The summed E-state index contributed by atoms with van der Waals surface area (Å²) >= 11 is 0. The third kappa shape index (κ3) is 5.47. The van der Waals surface area contributed by atoms with Crippen molar-refractivity contribution in [2.45, 2.75) is 40.8 Å². The zero-order valence-corrected chi connectivity index (χ0v) is 19.9.